The zero-order chi connectivity index (χ0) is 14.2. The van der Waals surface area contributed by atoms with Crippen LogP contribution in [0.15, 0.2) is 17.8 Å². The number of nitrogens with zero attached hydrogens (tertiary/aromatic N) is 2. The van der Waals surface area contributed by atoms with Gasteiger partial charge in [-0.05, 0) is 36.1 Å². The van der Waals surface area contributed by atoms with Gasteiger partial charge in [0.2, 0.25) is 5.12 Å². The Balaban J connectivity index is 2.27. The zero-order valence-corrected chi connectivity index (χ0v) is 13.4. The molecule has 1 aliphatic rings. The van der Waals surface area contributed by atoms with Crippen LogP contribution in [0.4, 0.5) is 0 Å². The fraction of sp³-hybridized carbons (Fsp3) is 0.182. The first-order chi connectivity index (χ1) is 8.91. The standard InChI is InChI=1S/C11H10N2O2S4/c1-12-6(8(14)18-10(12)16)4-3-5-7-9(15)19-11(17)13(7)2/h3-5,14H,1-2H3/b4-3?,7-5+. The van der Waals surface area contributed by atoms with Crippen LogP contribution in [0.25, 0.3) is 6.08 Å². The molecule has 0 amide bonds. The zero-order valence-electron chi connectivity index (χ0n) is 10.1. The van der Waals surface area contributed by atoms with Crippen LogP contribution in [0.2, 0.25) is 0 Å². The maximum Gasteiger partial charge on any atom is 0.242 e. The van der Waals surface area contributed by atoms with E-state index in [0.717, 1.165) is 23.1 Å². The molecule has 0 aliphatic carbocycles. The maximum atomic E-state index is 11.6. The lowest BCUT2D eigenvalue weighted by molar-refractivity contribution is -0.108. The Bertz CT molecular complexity index is 669. The van der Waals surface area contributed by atoms with E-state index in [9.17, 15) is 9.90 Å². The van der Waals surface area contributed by atoms with E-state index >= 15 is 0 Å². The molecule has 1 aliphatic heterocycles. The lowest BCUT2D eigenvalue weighted by atomic mass is 10.3. The molecule has 1 fully saturated rings. The van der Waals surface area contributed by atoms with Gasteiger partial charge in [0.05, 0.1) is 11.4 Å². The molecule has 1 aromatic rings. The predicted octanol–water partition coefficient (Wildman–Crippen LogP) is 2.91. The van der Waals surface area contributed by atoms with Crippen LogP contribution in [0.1, 0.15) is 5.69 Å². The van der Waals surface area contributed by atoms with Crippen molar-refractivity contribution in [1.82, 2.24) is 9.47 Å². The number of carbonyl (C=O) groups excluding carboxylic acids is 1. The highest BCUT2D eigenvalue weighted by atomic mass is 32.2. The lowest BCUT2D eigenvalue weighted by Crippen LogP contribution is -2.15. The second-order valence-corrected chi connectivity index (χ2v) is 6.97. The van der Waals surface area contributed by atoms with Gasteiger partial charge in [0.15, 0.2) is 9.02 Å². The minimum atomic E-state index is -0.0694. The molecule has 0 aromatic carbocycles. The fourth-order valence-corrected chi connectivity index (χ4v) is 3.55. The fourth-order valence-electron chi connectivity index (χ4n) is 1.47. The molecule has 1 saturated heterocycles. The summed E-state index contributed by atoms with van der Waals surface area (Å²) in [4.78, 5) is 13.3. The molecular formula is C11H10N2O2S4. The number of thioether (sulfide) groups is 1. The van der Waals surface area contributed by atoms with Crippen LogP contribution in [0, 0.1) is 3.95 Å². The van der Waals surface area contributed by atoms with Gasteiger partial charge in [0.1, 0.15) is 4.32 Å². The molecular weight excluding hydrogens is 320 g/mol. The Morgan fingerprint density at radius 3 is 2.47 bits per heavy atom. The number of allylic oxidation sites excluding steroid dienone is 2. The third kappa shape index (κ3) is 2.81. The highest BCUT2D eigenvalue weighted by molar-refractivity contribution is 8.33. The molecule has 0 saturated carbocycles. The molecule has 0 spiro atoms. The number of aromatic hydroxyl groups is 1. The number of rotatable bonds is 2. The van der Waals surface area contributed by atoms with Gasteiger partial charge in [-0.1, -0.05) is 29.6 Å². The van der Waals surface area contributed by atoms with Crippen molar-refractivity contribution < 1.29 is 9.90 Å². The van der Waals surface area contributed by atoms with Crippen molar-refractivity contribution in [3.05, 3.63) is 27.5 Å². The summed E-state index contributed by atoms with van der Waals surface area (Å²) >= 11 is 12.3. The highest BCUT2D eigenvalue weighted by Crippen LogP contribution is 2.29. The van der Waals surface area contributed by atoms with E-state index in [0.29, 0.717) is 19.7 Å². The summed E-state index contributed by atoms with van der Waals surface area (Å²) in [7, 11) is 3.53. The van der Waals surface area contributed by atoms with Crippen molar-refractivity contribution in [2.24, 2.45) is 7.05 Å². The number of hydrogen-bond acceptors (Lipinski definition) is 6. The SMILES string of the molecule is CN1C(=S)SC(=O)/C1=C\C=Cc1c(O)sc(=S)n1C. The first-order valence-electron chi connectivity index (χ1n) is 5.19. The molecule has 0 bridgehead atoms. The first-order valence-corrected chi connectivity index (χ1v) is 7.63. The van der Waals surface area contributed by atoms with Crippen LogP contribution in [0.3, 0.4) is 0 Å². The molecule has 2 heterocycles. The summed E-state index contributed by atoms with van der Waals surface area (Å²) in [5.41, 5.74) is 1.15. The first kappa shape index (κ1) is 14.4. The number of aromatic nitrogens is 1. The monoisotopic (exact) mass is 330 g/mol. The Morgan fingerprint density at radius 2 is 2.00 bits per heavy atom. The number of hydrogen-bond donors (Lipinski definition) is 1. The minimum Gasteiger partial charge on any atom is -0.498 e. The van der Waals surface area contributed by atoms with Crippen molar-refractivity contribution in [2.75, 3.05) is 7.05 Å². The van der Waals surface area contributed by atoms with E-state index in [1.807, 2.05) is 0 Å². The molecule has 0 radical (unpaired) electrons. The van der Waals surface area contributed by atoms with Gasteiger partial charge in [0, 0.05) is 14.1 Å². The molecule has 0 unspecified atom stereocenters. The highest BCUT2D eigenvalue weighted by Gasteiger charge is 2.27. The van der Waals surface area contributed by atoms with E-state index in [1.54, 1.807) is 41.8 Å². The molecule has 4 nitrogen and oxygen atoms in total. The Labute approximate surface area is 129 Å². The smallest absolute Gasteiger partial charge is 0.242 e. The second-order valence-electron chi connectivity index (χ2n) is 3.74. The van der Waals surface area contributed by atoms with Crippen molar-refractivity contribution in [3.8, 4) is 5.06 Å². The van der Waals surface area contributed by atoms with Crippen molar-refractivity contribution >= 4 is 63.0 Å². The normalized spacial score (nSPS) is 18.2. The van der Waals surface area contributed by atoms with Gasteiger partial charge in [-0.25, -0.2) is 0 Å². The molecule has 0 atom stereocenters. The van der Waals surface area contributed by atoms with Gasteiger partial charge in [-0.3, -0.25) is 4.79 Å². The maximum absolute atomic E-state index is 11.6. The Morgan fingerprint density at radius 1 is 1.32 bits per heavy atom. The quantitative estimate of drug-likeness (QED) is 0.664. The Hall–Kier alpha value is -0.960. The predicted molar refractivity (Wildman–Crippen MR) is 85.9 cm³/mol. The van der Waals surface area contributed by atoms with Crippen LogP contribution in [0.5, 0.6) is 5.06 Å². The summed E-state index contributed by atoms with van der Waals surface area (Å²) in [6, 6.07) is 0. The summed E-state index contributed by atoms with van der Waals surface area (Å²) in [5, 5.41) is 9.80. The number of carbonyl (C=O) groups is 1. The minimum absolute atomic E-state index is 0.0694. The van der Waals surface area contributed by atoms with Gasteiger partial charge in [-0.15, -0.1) is 0 Å². The van der Waals surface area contributed by atoms with Crippen LogP contribution in [-0.2, 0) is 11.8 Å². The summed E-state index contributed by atoms with van der Waals surface area (Å²) in [6.45, 7) is 0. The third-order valence-corrected chi connectivity index (χ3v) is 5.31. The van der Waals surface area contributed by atoms with Crippen molar-refractivity contribution in [3.63, 3.8) is 0 Å². The second kappa shape index (κ2) is 5.58. The van der Waals surface area contributed by atoms with Crippen LogP contribution in [-0.4, -0.2) is 31.1 Å². The van der Waals surface area contributed by atoms with E-state index in [2.05, 4.69) is 0 Å². The van der Waals surface area contributed by atoms with E-state index in [4.69, 9.17) is 24.4 Å². The molecule has 1 aromatic heterocycles. The lowest BCUT2D eigenvalue weighted by Gasteiger charge is -2.08. The molecule has 8 heteroatoms. The van der Waals surface area contributed by atoms with Crippen LogP contribution < -0.4 is 0 Å². The van der Waals surface area contributed by atoms with E-state index in [1.165, 1.54) is 0 Å². The topological polar surface area (TPSA) is 45.5 Å². The van der Waals surface area contributed by atoms with E-state index < -0.39 is 0 Å². The molecule has 1 N–H and O–H groups in total. The summed E-state index contributed by atoms with van der Waals surface area (Å²) in [5.74, 6) is 0. The average molecular weight is 330 g/mol. The summed E-state index contributed by atoms with van der Waals surface area (Å²) < 4.78 is 2.85. The van der Waals surface area contributed by atoms with Gasteiger partial charge < -0.3 is 14.6 Å². The van der Waals surface area contributed by atoms with Crippen molar-refractivity contribution in [1.29, 1.82) is 0 Å². The van der Waals surface area contributed by atoms with Gasteiger partial charge in [-0.2, -0.15) is 0 Å². The molecule has 2 rings (SSSR count). The number of thiazole rings is 1. The van der Waals surface area contributed by atoms with E-state index in [-0.39, 0.29) is 10.2 Å². The Kier molecular flexibility index (Phi) is 4.24. The van der Waals surface area contributed by atoms with Crippen LogP contribution >= 0.6 is 47.5 Å². The summed E-state index contributed by atoms with van der Waals surface area (Å²) in [6.07, 6.45) is 5.09. The largest absolute Gasteiger partial charge is 0.498 e. The molecule has 19 heavy (non-hydrogen) atoms. The molecule has 100 valence electrons. The van der Waals surface area contributed by atoms with Gasteiger partial charge >= 0.3 is 0 Å². The van der Waals surface area contributed by atoms with Gasteiger partial charge in [0.25, 0.3) is 0 Å². The third-order valence-electron chi connectivity index (χ3n) is 2.57. The number of thiocarbonyl (C=S) groups is 1. The van der Waals surface area contributed by atoms with Crippen molar-refractivity contribution in [2.45, 2.75) is 0 Å². The average Bonchev–Trinajstić information content (AvgIpc) is 2.72. The number of likely N-dealkylation sites (N-methyl/N-ethyl adjacent to an activating group) is 1.